The summed E-state index contributed by atoms with van der Waals surface area (Å²) in [6.45, 7) is 9.06. The average Bonchev–Trinajstić information content (AvgIpc) is 3.56. The largest absolute Gasteiger partial charge is 0.486 e. The molecule has 1 atom stereocenters. The summed E-state index contributed by atoms with van der Waals surface area (Å²) >= 11 is 6.77. The van der Waals surface area contributed by atoms with Crippen molar-refractivity contribution >= 4 is 34.4 Å². The molecule has 42 heavy (non-hydrogen) atoms. The minimum atomic E-state index is -1.03. The SMILES string of the molecule is C=CC(=O)N1CCN(c2nc(=O)n(CC34CCCN3CCC4)c3c4c(c(Cl)nc23)-c2c(ccc(F)c2F)CO4)[C@@H](C)C1. The van der Waals surface area contributed by atoms with Crippen molar-refractivity contribution in [2.45, 2.75) is 57.3 Å². The number of carbonyl (C=O) groups excluding carboxylic acids is 1. The number of carbonyl (C=O) groups is 1. The Kier molecular flexibility index (Phi) is 6.50. The van der Waals surface area contributed by atoms with Gasteiger partial charge in [0.2, 0.25) is 5.91 Å². The topological polar surface area (TPSA) is 83.8 Å². The van der Waals surface area contributed by atoms with E-state index >= 15 is 4.39 Å². The van der Waals surface area contributed by atoms with E-state index in [1.807, 2.05) is 11.8 Å². The van der Waals surface area contributed by atoms with Crippen molar-refractivity contribution in [3.05, 3.63) is 57.6 Å². The zero-order valence-electron chi connectivity index (χ0n) is 23.3. The first-order chi connectivity index (χ1) is 20.2. The number of halogens is 3. The maximum absolute atomic E-state index is 15.3. The van der Waals surface area contributed by atoms with Gasteiger partial charge in [-0.15, -0.1) is 0 Å². The fourth-order valence-corrected chi connectivity index (χ4v) is 7.71. The van der Waals surface area contributed by atoms with E-state index in [0.29, 0.717) is 48.6 Å². The maximum atomic E-state index is 15.3. The average molecular weight is 597 g/mol. The van der Waals surface area contributed by atoms with E-state index in [0.717, 1.165) is 44.8 Å². The van der Waals surface area contributed by atoms with Gasteiger partial charge in [0.1, 0.15) is 22.8 Å². The van der Waals surface area contributed by atoms with Gasteiger partial charge in [0.25, 0.3) is 0 Å². The molecule has 12 heteroatoms. The lowest BCUT2D eigenvalue weighted by atomic mass is 9.93. The molecule has 0 unspecified atom stereocenters. The summed E-state index contributed by atoms with van der Waals surface area (Å²) in [6, 6.07) is 2.34. The third-order valence-corrected chi connectivity index (χ3v) is 9.72. The van der Waals surface area contributed by atoms with Crippen LogP contribution in [0.5, 0.6) is 5.75 Å². The first-order valence-electron chi connectivity index (χ1n) is 14.4. The van der Waals surface area contributed by atoms with Crippen LogP contribution in [0.25, 0.3) is 22.2 Å². The number of anilines is 1. The summed E-state index contributed by atoms with van der Waals surface area (Å²) in [5.41, 5.74) is 0.647. The molecule has 0 bridgehead atoms. The van der Waals surface area contributed by atoms with Crippen molar-refractivity contribution < 1.29 is 18.3 Å². The molecule has 0 N–H and O–H groups in total. The molecular formula is C30H31ClF2N6O3. The Bertz CT molecular complexity index is 1700. The maximum Gasteiger partial charge on any atom is 0.350 e. The second-order valence-electron chi connectivity index (χ2n) is 11.7. The molecule has 3 fully saturated rings. The lowest BCUT2D eigenvalue weighted by Crippen LogP contribution is -2.54. The van der Waals surface area contributed by atoms with Gasteiger partial charge >= 0.3 is 5.69 Å². The second-order valence-corrected chi connectivity index (χ2v) is 12.1. The fraction of sp³-hybridized carbons (Fsp3) is 0.467. The van der Waals surface area contributed by atoms with Crippen LogP contribution < -0.4 is 15.3 Å². The number of fused-ring (bicyclic) bond motifs is 6. The first-order valence-corrected chi connectivity index (χ1v) is 14.8. The van der Waals surface area contributed by atoms with Crippen molar-refractivity contribution in [3.63, 3.8) is 0 Å². The zero-order chi connectivity index (χ0) is 29.3. The molecule has 2 aromatic heterocycles. The van der Waals surface area contributed by atoms with Gasteiger partial charge in [0.15, 0.2) is 23.2 Å². The zero-order valence-corrected chi connectivity index (χ0v) is 24.1. The van der Waals surface area contributed by atoms with E-state index < -0.39 is 17.3 Å². The van der Waals surface area contributed by atoms with E-state index in [2.05, 4.69) is 16.5 Å². The predicted octanol–water partition coefficient (Wildman–Crippen LogP) is 4.13. The van der Waals surface area contributed by atoms with E-state index in [1.54, 1.807) is 9.47 Å². The molecule has 6 heterocycles. The van der Waals surface area contributed by atoms with E-state index in [1.165, 1.54) is 12.1 Å². The highest BCUT2D eigenvalue weighted by Gasteiger charge is 2.45. The Balaban J connectivity index is 1.46. The molecule has 4 aliphatic heterocycles. The van der Waals surface area contributed by atoms with Crippen LogP contribution in [-0.4, -0.2) is 74.5 Å². The Morgan fingerprint density at radius 3 is 2.64 bits per heavy atom. The van der Waals surface area contributed by atoms with Gasteiger partial charge in [-0.25, -0.2) is 18.6 Å². The van der Waals surface area contributed by atoms with Gasteiger partial charge in [-0.3, -0.25) is 14.3 Å². The lowest BCUT2D eigenvalue weighted by molar-refractivity contribution is -0.126. The molecule has 0 spiro atoms. The van der Waals surface area contributed by atoms with Crippen molar-refractivity contribution in [1.82, 2.24) is 24.3 Å². The molecule has 3 aromatic rings. The number of ether oxygens (including phenoxy) is 1. The van der Waals surface area contributed by atoms with Crippen molar-refractivity contribution in [1.29, 1.82) is 0 Å². The highest BCUT2D eigenvalue weighted by molar-refractivity contribution is 6.33. The molecule has 220 valence electrons. The third kappa shape index (κ3) is 4.04. The molecule has 1 aromatic carbocycles. The summed E-state index contributed by atoms with van der Waals surface area (Å²) in [6.07, 6.45) is 5.27. The highest BCUT2D eigenvalue weighted by atomic mass is 35.5. The molecule has 7 rings (SSSR count). The number of aromatic nitrogens is 3. The summed E-state index contributed by atoms with van der Waals surface area (Å²) in [4.78, 5) is 41.7. The lowest BCUT2D eigenvalue weighted by Gasteiger charge is -2.40. The number of hydrogen-bond acceptors (Lipinski definition) is 7. The Hall–Kier alpha value is -3.57. The van der Waals surface area contributed by atoms with Gasteiger partial charge in [0, 0.05) is 48.9 Å². The summed E-state index contributed by atoms with van der Waals surface area (Å²) < 4.78 is 37.7. The van der Waals surface area contributed by atoms with Crippen LogP contribution in [0.2, 0.25) is 5.15 Å². The molecule has 9 nitrogen and oxygen atoms in total. The fourth-order valence-electron chi connectivity index (χ4n) is 7.45. The molecule has 0 aliphatic carbocycles. The number of benzene rings is 1. The second kappa shape index (κ2) is 10.0. The van der Waals surface area contributed by atoms with Gasteiger partial charge < -0.3 is 14.5 Å². The molecule has 0 radical (unpaired) electrons. The number of nitrogens with zero attached hydrogens (tertiary/aromatic N) is 6. The minimum Gasteiger partial charge on any atom is -0.486 e. The molecule has 1 amide bonds. The summed E-state index contributed by atoms with van der Waals surface area (Å²) in [7, 11) is 0. The third-order valence-electron chi connectivity index (χ3n) is 9.45. The Morgan fingerprint density at radius 1 is 1.17 bits per heavy atom. The highest BCUT2D eigenvalue weighted by Crippen LogP contribution is 2.48. The van der Waals surface area contributed by atoms with Crippen molar-refractivity contribution in [2.24, 2.45) is 0 Å². The Labute approximate surface area is 246 Å². The number of amides is 1. The van der Waals surface area contributed by atoms with Crippen LogP contribution in [0.1, 0.15) is 38.2 Å². The normalized spacial score (nSPS) is 21.2. The molecule has 3 saturated heterocycles. The van der Waals surface area contributed by atoms with Crippen LogP contribution >= 0.6 is 11.6 Å². The van der Waals surface area contributed by atoms with Crippen LogP contribution in [0.3, 0.4) is 0 Å². The molecular weight excluding hydrogens is 566 g/mol. The van der Waals surface area contributed by atoms with E-state index in [4.69, 9.17) is 21.3 Å². The van der Waals surface area contributed by atoms with E-state index in [-0.39, 0.29) is 46.1 Å². The summed E-state index contributed by atoms with van der Waals surface area (Å²) in [5.74, 6) is -1.66. The Morgan fingerprint density at radius 2 is 1.93 bits per heavy atom. The summed E-state index contributed by atoms with van der Waals surface area (Å²) in [5, 5.41) is -0.0640. The smallest absolute Gasteiger partial charge is 0.350 e. The monoisotopic (exact) mass is 596 g/mol. The predicted molar refractivity (Wildman–Crippen MR) is 155 cm³/mol. The minimum absolute atomic E-state index is 0.000506. The quantitative estimate of drug-likeness (QED) is 0.331. The van der Waals surface area contributed by atoms with Gasteiger partial charge in [-0.05, 0) is 57.8 Å². The number of pyridine rings is 1. The van der Waals surface area contributed by atoms with Crippen LogP contribution in [-0.2, 0) is 17.9 Å². The van der Waals surface area contributed by atoms with Crippen LogP contribution in [0, 0.1) is 11.6 Å². The van der Waals surface area contributed by atoms with Gasteiger partial charge in [-0.1, -0.05) is 24.2 Å². The van der Waals surface area contributed by atoms with Crippen molar-refractivity contribution in [2.75, 3.05) is 37.6 Å². The first kappa shape index (κ1) is 27.3. The van der Waals surface area contributed by atoms with Crippen LogP contribution in [0.4, 0.5) is 14.6 Å². The molecule has 4 aliphatic rings. The molecule has 0 saturated carbocycles. The number of hydrogen-bond donors (Lipinski definition) is 0. The van der Waals surface area contributed by atoms with Crippen LogP contribution in [0.15, 0.2) is 29.6 Å². The van der Waals surface area contributed by atoms with Crippen molar-refractivity contribution in [3.8, 4) is 16.9 Å². The van der Waals surface area contributed by atoms with E-state index in [9.17, 15) is 14.0 Å². The van der Waals surface area contributed by atoms with Gasteiger partial charge in [-0.2, -0.15) is 4.98 Å². The standard InChI is InChI=1S/C30H31ClF2N6O3/c1-3-20(40)36-12-13-38(17(2)14-36)28-24-25(39(29(41)35-28)16-30-8-4-10-37(30)11-5-9-30)26-22(27(31)34-24)21-18(15-42-26)6-7-19(32)23(21)33/h3,6-7,17H,1,4-5,8-16H2,2H3/t17-/m0/s1. The van der Waals surface area contributed by atoms with Gasteiger partial charge in [0.05, 0.1) is 5.56 Å². The number of piperazine rings is 1. The number of rotatable bonds is 4.